The van der Waals surface area contributed by atoms with Crippen molar-refractivity contribution < 1.29 is 9.53 Å². The van der Waals surface area contributed by atoms with E-state index < -0.39 is 4.83 Å². The van der Waals surface area contributed by atoms with E-state index in [1.54, 1.807) is 36.4 Å². The number of ether oxygens (including phenoxy) is 1. The highest BCUT2D eigenvalue weighted by atomic mass is 79.9. The quantitative estimate of drug-likeness (QED) is 0.333. The summed E-state index contributed by atoms with van der Waals surface area (Å²) in [6.45, 7) is 1.19. The second kappa shape index (κ2) is 10.2. The van der Waals surface area contributed by atoms with E-state index in [1.165, 1.54) is 7.11 Å². The first-order valence-electron chi connectivity index (χ1n) is 7.63. The number of methoxy groups -OCH3 is 1. The molecule has 2 rings (SSSR count). The monoisotopic (exact) mass is 497 g/mol. The van der Waals surface area contributed by atoms with E-state index in [-0.39, 0.29) is 5.97 Å². The molecule has 1 atom stereocenters. The molecule has 0 saturated heterocycles. The second-order valence-corrected chi connectivity index (χ2v) is 8.29. The predicted octanol–water partition coefficient (Wildman–Crippen LogP) is 6.24. The SMILES string of the molecule is COC(=O)C(Br)CN(Cc1c(Cl)cccc1Cl)Cc1c(Cl)cccc1Cl. The largest absolute Gasteiger partial charge is 0.468 e. The first-order valence-corrected chi connectivity index (χ1v) is 10.1. The molecule has 0 N–H and O–H groups in total. The number of hydrogen-bond acceptors (Lipinski definition) is 3. The first kappa shape index (κ1) is 21.8. The maximum atomic E-state index is 11.8. The minimum Gasteiger partial charge on any atom is -0.468 e. The minimum absolute atomic E-state index is 0.357. The van der Waals surface area contributed by atoms with Gasteiger partial charge in [0, 0.05) is 50.9 Å². The average Bonchev–Trinajstić information content (AvgIpc) is 2.60. The summed E-state index contributed by atoms with van der Waals surface area (Å²) in [5.41, 5.74) is 1.53. The summed E-state index contributed by atoms with van der Waals surface area (Å²) < 4.78 is 4.79. The van der Waals surface area contributed by atoms with Crippen LogP contribution in [0.5, 0.6) is 0 Å². The van der Waals surface area contributed by atoms with Gasteiger partial charge >= 0.3 is 5.97 Å². The Bertz CT molecular complexity index is 694. The fraction of sp³-hybridized carbons (Fsp3) is 0.278. The zero-order chi connectivity index (χ0) is 19.3. The fourth-order valence-electron chi connectivity index (χ4n) is 2.43. The maximum absolute atomic E-state index is 11.8. The summed E-state index contributed by atoms with van der Waals surface area (Å²) in [6, 6.07) is 10.7. The third-order valence-electron chi connectivity index (χ3n) is 3.76. The lowest BCUT2D eigenvalue weighted by Crippen LogP contribution is -2.34. The van der Waals surface area contributed by atoms with Gasteiger partial charge in [-0.25, -0.2) is 0 Å². The van der Waals surface area contributed by atoms with Crippen LogP contribution in [0.25, 0.3) is 0 Å². The van der Waals surface area contributed by atoms with Gasteiger partial charge in [0.25, 0.3) is 0 Å². The van der Waals surface area contributed by atoms with Crippen LogP contribution in [0, 0.1) is 0 Å². The van der Waals surface area contributed by atoms with Crippen LogP contribution < -0.4 is 0 Å². The van der Waals surface area contributed by atoms with Gasteiger partial charge in [-0.2, -0.15) is 0 Å². The topological polar surface area (TPSA) is 29.5 Å². The molecule has 2 aromatic carbocycles. The van der Waals surface area contributed by atoms with E-state index in [1.807, 2.05) is 4.90 Å². The highest BCUT2D eigenvalue weighted by molar-refractivity contribution is 9.10. The van der Waals surface area contributed by atoms with E-state index in [2.05, 4.69) is 15.9 Å². The molecular formula is C18H16BrCl4NO2. The lowest BCUT2D eigenvalue weighted by molar-refractivity contribution is -0.140. The van der Waals surface area contributed by atoms with Gasteiger partial charge in [0.1, 0.15) is 4.83 Å². The maximum Gasteiger partial charge on any atom is 0.320 e. The van der Waals surface area contributed by atoms with Gasteiger partial charge in [-0.15, -0.1) is 0 Å². The zero-order valence-electron chi connectivity index (χ0n) is 13.8. The molecule has 3 nitrogen and oxygen atoms in total. The van der Waals surface area contributed by atoms with Crippen molar-refractivity contribution in [1.82, 2.24) is 4.90 Å². The van der Waals surface area contributed by atoms with Gasteiger partial charge in [0.2, 0.25) is 0 Å². The molecule has 26 heavy (non-hydrogen) atoms. The Balaban J connectivity index is 2.31. The summed E-state index contributed by atoms with van der Waals surface area (Å²) in [6.07, 6.45) is 0. The second-order valence-electron chi connectivity index (χ2n) is 5.56. The van der Waals surface area contributed by atoms with Crippen molar-refractivity contribution in [1.29, 1.82) is 0 Å². The third kappa shape index (κ3) is 5.75. The van der Waals surface area contributed by atoms with E-state index in [0.29, 0.717) is 39.7 Å². The molecule has 0 saturated carbocycles. The number of nitrogens with zero attached hydrogens (tertiary/aromatic N) is 1. The number of hydrogen-bond donors (Lipinski definition) is 0. The summed E-state index contributed by atoms with van der Waals surface area (Å²) in [7, 11) is 1.34. The van der Waals surface area contributed by atoms with Crippen LogP contribution in [0.3, 0.4) is 0 Å². The molecule has 0 aliphatic carbocycles. The Morgan fingerprint density at radius 2 is 1.35 bits per heavy atom. The first-order chi connectivity index (χ1) is 12.3. The van der Waals surface area contributed by atoms with E-state index >= 15 is 0 Å². The van der Waals surface area contributed by atoms with E-state index in [9.17, 15) is 4.79 Å². The molecule has 8 heteroatoms. The highest BCUT2D eigenvalue weighted by Gasteiger charge is 2.22. The number of rotatable bonds is 7. The summed E-state index contributed by atoms with van der Waals surface area (Å²) in [4.78, 5) is 13.3. The molecule has 0 aliphatic heterocycles. The Labute approximate surface area is 181 Å². The lowest BCUT2D eigenvalue weighted by atomic mass is 10.1. The lowest BCUT2D eigenvalue weighted by Gasteiger charge is -2.26. The third-order valence-corrected chi connectivity index (χ3v) is 5.84. The smallest absolute Gasteiger partial charge is 0.320 e. The number of halogens is 5. The van der Waals surface area contributed by atoms with Crippen LogP contribution in [0.1, 0.15) is 11.1 Å². The van der Waals surface area contributed by atoms with Gasteiger partial charge < -0.3 is 4.74 Å². The molecule has 0 fully saturated rings. The van der Waals surface area contributed by atoms with Crippen LogP contribution in [-0.2, 0) is 22.6 Å². The molecule has 0 heterocycles. The van der Waals surface area contributed by atoms with Crippen LogP contribution in [0.2, 0.25) is 20.1 Å². The highest BCUT2D eigenvalue weighted by Crippen LogP contribution is 2.30. The molecule has 0 amide bonds. The van der Waals surface area contributed by atoms with Crippen molar-refractivity contribution in [3.8, 4) is 0 Å². The van der Waals surface area contributed by atoms with Crippen LogP contribution in [0.4, 0.5) is 0 Å². The molecular weight excluding hydrogens is 484 g/mol. The summed E-state index contributed by atoms with van der Waals surface area (Å²) in [5, 5.41) is 2.21. The van der Waals surface area contributed by atoms with Gasteiger partial charge in [-0.1, -0.05) is 74.5 Å². The Hall–Kier alpha value is -0.490. The molecule has 2 aromatic rings. The van der Waals surface area contributed by atoms with Gasteiger partial charge in [0.05, 0.1) is 7.11 Å². The number of carbonyl (C=O) groups is 1. The zero-order valence-corrected chi connectivity index (χ0v) is 18.4. The Kier molecular flexibility index (Phi) is 8.52. The van der Waals surface area contributed by atoms with Crippen LogP contribution in [-0.4, -0.2) is 29.4 Å². The number of alkyl halides is 1. The number of benzene rings is 2. The number of esters is 1. The molecule has 1 unspecified atom stereocenters. The molecule has 0 aromatic heterocycles. The molecule has 0 radical (unpaired) electrons. The van der Waals surface area contributed by atoms with Gasteiger partial charge in [-0.3, -0.25) is 9.69 Å². The van der Waals surface area contributed by atoms with Crippen molar-refractivity contribution in [3.05, 3.63) is 67.6 Å². The van der Waals surface area contributed by atoms with Crippen molar-refractivity contribution in [2.24, 2.45) is 0 Å². The summed E-state index contributed by atoms with van der Waals surface area (Å²) >= 11 is 28.6. The molecule has 0 spiro atoms. The van der Waals surface area contributed by atoms with Crippen LogP contribution in [0.15, 0.2) is 36.4 Å². The fourth-order valence-corrected chi connectivity index (χ4v) is 4.06. The van der Waals surface area contributed by atoms with Gasteiger partial charge in [-0.05, 0) is 24.3 Å². The Morgan fingerprint density at radius 3 is 1.69 bits per heavy atom. The summed E-state index contributed by atoms with van der Waals surface area (Å²) in [5.74, 6) is -0.370. The van der Waals surface area contributed by atoms with Crippen molar-refractivity contribution >= 4 is 68.3 Å². The van der Waals surface area contributed by atoms with E-state index in [4.69, 9.17) is 51.1 Å². The van der Waals surface area contributed by atoms with Crippen molar-refractivity contribution in [2.45, 2.75) is 17.9 Å². The molecule has 140 valence electrons. The molecule has 0 aliphatic rings. The Morgan fingerprint density at radius 1 is 0.962 bits per heavy atom. The minimum atomic E-state index is -0.518. The standard InChI is InChI=1S/C18H16BrCl4NO2/c1-26-18(25)13(19)10-24(8-11-14(20)4-2-5-15(11)21)9-12-16(22)6-3-7-17(12)23/h2-7,13H,8-10H2,1H3. The normalized spacial score (nSPS) is 12.3. The number of carbonyl (C=O) groups excluding carboxylic acids is 1. The van der Waals surface area contributed by atoms with Crippen molar-refractivity contribution in [3.63, 3.8) is 0 Å². The van der Waals surface area contributed by atoms with Gasteiger partial charge in [0.15, 0.2) is 0 Å². The van der Waals surface area contributed by atoms with E-state index in [0.717, 1.165) is 11.1 Å². The average molecular weight is 500 g/mol. The predicted molar refractivity (Wildman–Crippen MR) is 112 cm³/mol. The molecule has 0 bridgehead atoms. The van der Waals surface area contributed by atoms with Crippen LogP contribution >= 0.6 is 62.3 Å². The van der Waals surface area contributed by atoms with Crippen molar-refractivity contribution in [2.75, 3.05) is 13.7 Å².